The zero-order valence-electron chi connectivity index (χ0n) is 24.6. The van der Waals surface area contributed by atoms with Crippen LogP contribution in [0.1, 0.15) is 58.3 Å². The quantitative estimate of drug-likeness (QED) is 0.215. The molecule has 1 aromatic carbocycles. The first kappa shape index (κ1) is 31.2. The van der Waals surface area contributed by atoms with E-state index in [1.54, 1.807) is 24.5 Å². The second kappa shape index (κ2) is 15.5. The van der Waals surface area contributed by atoms with Crippen molar-refractivity contribution in [2.45, 2.75) is 54.0 Å². The van der Waals surface area contributed by atoms with Crippen LogP contribution in [0.4, 0.5) is 10.8 Å². The van der Waals surface area contributed by atoms with E-state index in [1.807, 2.05) is 29.6 Å². The minimum atomic E-state index is -0.587. The van der Waals surface area contributed by atoms with Crippen molar-refractivity contribution in [2.24, 2.45) is 17.8 Å². The number of nitrogens with one attached hydrogen (secondary N) is 3. The van der Waals surface area contributed by atoms with E-state index < -0.39 is 6.04 Å². The third-order valence-corrected chi connectivity index (χ3v) is 6.94. The van der Waals surface area contributed by atoms with Crippen molar-refractivity contribution in [2.75, 3.05) is 31.5 Å². The van der Waals surface area contributed by atoms with E-state index >= 15 is 0 Å². The van der Waals surface area contributed by atoms with E-state index in [-0.39, 0.29) is 17.7 Å². The van der Waals surface area contributed by atoms with Gasteiger partial charge in [-0.1, -0.05) is 53.7 Å². The summed E-state index contributed by atoms with van der Waals surface area (Å²) in [6, 6.07) is 10.5. The Morgan fingerprint density at radius 1 is 0.900 bits per heavy atom. The standard InChI is InChI=1S/C31H44N6O2S/c1-21(2)17-27(30(39)33-15-16-37(18-22(3)4)19-23(5)6)35-29(38)25-9-7-24(8-10-25)28-20-40-31(36-28)34-26-11-13-32-14-12-26/h7-14,20-23,27H,15-19H2,1-6H3,(H,33,39)(H,35,38)(H,32,34,36)/t27-/m0/s1. The fraction of sp³-hybridized carbons (Fsp3) is 0.484. The molecule has 3 rings (SSSR count). The molecule has 0 aliphatic carbocycles. The largest absolute Gasteiger partial charge is 0.353 e. The van der Waals surface area contributed by atoms with E-state index in [0.29, 0.717) is 30.4 Å². The molecule has 1 atom stereocenters. The van der Waals surface area contributed by atoms with Gasteiger partial charge in [-0.3, -0.25) is 14.6 Å². The predicted molar refractivity (Wildman–Crippen MR) is 165 cm³/mol. The molecular weight excluding hydrogens is 520 g/mol. The Hall–Kier alpha value is -3.30. The van der Waals surface area contributed by atoms with Crippen LogP contribution in [0.2, 0.25) is 0 Å². The first-order valence-corrected chi connectivity index (χ1v) is 15.0. The molecule has 2 amide bonds. The summed E-state index contributed by atoms with van der Waals surface area (Å²) in [4.78, 5) is 37.3. The molecule has 0 aliphatic rings. The van der Waals surface area contributed by atoms with Crippen molar-refractivity contribution in [3.8, 4) is 11.3 Å². The third-order valence-electron chi connectivity index (χ3n) is 6.18. The predicted octanol–water partition coefficient (Wildman–Crippen LogP) is 5.82. The minimum absolute atomic E-state index is 0.135. The number of thiazole rings is 1. The maximum atomic E-state index is 13.1. The van der Waals surface area contributed by atoms with Gasteiger partial charge in [0, 0.05) is 60.8 Å². The van der Waals surface area contributed by atoms with E-state index in [9.17, 15) is 9.59 Å². The molecule has 40 heavy (non-hydrogen) atoms. The summed E-state index contributed by atoms with van der Waals surface area (Å²) in [7, 11) is 0. The van der Waals surface area contributed by atoms with Crippen LogP contribution in [-0.2, 0) is 4.79 Å². The molecule has 0 unspecified atom stereocenters. The molecular formula is C31H44N6O2S. The lowest BCUT2D eigenvalue weighted by Gasteiger charge is -2.27. The summed E-state index contributed by atoms with van der Waals surface area (Å²) in [5.41, 5.74) is 3.18. The number of pyridine rings is 1. The zero-order chi connectivity index (χ0) is 29.1. The van der Waals surface area contributed by atoms with E-state index in [4.69, 9.17) is 0 Å². The number of carbonyl (C=O) groups excluding carboxylic acids is 2. The van der Waals surface area contributed by atoms with Gasteiger partial charge in [0.1, 0.15) is 6.04 Å². The average Bonchev–Trinajstić information content (AvgIpc) is 3.36. The number of hydrogen-bond donors (Lipinski definition) is 3. The first-order valence-electron chi connectivity index (χ1n) is 14.1. The van der Waals surface area contributed by atoms with Crippen molar-refractivity contribution < 1.29 is 9.59 Å². The Labute approximate surface area is 243 Å². The van der Waals surface area contributed by atoms with Gasteiger partial charge in [0.2, 0.25) is 5.91 Å². The highest BCUT2D eigenvalue weighted by molar-refractivity contribution is 7.14. The Balaban J connectivity index is 1.58. The molecule has 216 valence electrons. The molecule has 0 bridgehead atoms. The van der Waals surface area contributed by atoms with Gasteiger partial charge in [0.25, 0.3) is 5.91 Å². The van der Waals surface area contributed by atoms with Gasteiger partial charge in [-0.05, 0) is 48.4 Å². The molecule has 0 spiro atoms. The summed E-state index contributed by atoms with van der Waals surface area (Å²) in [5, 5.41) is 12.1. The van der Waals surface area contributed by atoms with Crippen molar-refractivity contribution in [1.82, 2.24) is 25.5 Å². The van der Waals surface area contributed by atoms with Crippen LogP contribution in [0.3, 0.4) is 0 Å². The van der Waals surface area contributed by atoms with Crippen LogP contribution >= 0.6 is 11.3 Å². The van der Waals surface area contributed by atoms with Gasteiger partial charge in [-0.15, -0.1) is 11.3 Å². The summed E-state index contributed by atoms with van der Waals surface area (Å²) >= 11 is 1.51. The fourth-order valence-corrected chi connectivity index (χ4v) is 5.25. The van der Waals surface area contributed by atoms with Gasteiger partial charge < -0.3 is 20.9 Å². The molecule has 0 saturated carbocycles. The Morgan fingerprint density at radius 2 is 1.55 bits per heavy atom. The molecule has 2 aromatic heterocycles. The topological polar surface area (TPSA) is 99.2 Å². The zero-order valence-corrected chi connectivity index (χ0v) is 25.4. The normalized spacial score (nSPS) is 12.2. The Kier molecular flexibility index (Phi) is 12.1. The number of hydrogen-bond acceptors (Lipinski definition) is 7. The molecule has 3 N–H and O–H groups in total. The lowest BCUT2D eigenvalue weighted by atomic mass is 10.0. The number of amides is 2. The molecule has 0 aliphatic heterocycles. The van der Waals surface area contributed by atoms with Gasteiger partial charge in [-0.2, -0.15) is 0 Å². The van der Waals surface area contributed by atoms with Crippen LogP contribution in [0, 0.1) is 17.8 Å². The lowest BCUT2D eigenvalue weighted by Crippen LogP contribution is -2.49. The van der Waals surface area contributed by atoms with Crippen molar-refractivity contribution in [1.29, 1.82) is 0 Å². The molecule has 0 fully saturated rings. The molecule has 0 radical (unpaired) electrons. The molecule has 0 saturated heterocycles. The minimum Gasteiger partial charge on any atom is -0.353 e. The molecule has 8 nitrogen and oxygen atoms in total. The van der Waals surface area contributed by atoms with E-state index in [0.717, 1.165) is 41.7 Å². The number of benzene rings is 1. The van der Waals surface area contributed by atoms with Crippen LogP contribution in [-0.4, -0.2) is 58.9 Å². The Morgan fingerprint density at radius 3 is 2.15 bits per heavy atom. The molecule has 3 aromatic rings. The van der Waals surface area contributed by atoms with Gasteiger partial charge in [0.05, 0.1) is 5.69 Å². The van der Waals surface area contributed by atoms with Gasteiger partial charge in [0.15, 0.2) is 5.13 Å². The second-order valence-electron chi connectivity index (χ2n) is 11.5. The second-order valence-corrected chi connectivity index (χ2v) is 12.3. The van der Waals surface area contributed by atoms with Crippen molar-refractivity contribution >= 4 is 34.0 Å². The summed E-state index contributed by atoms with van der Waals surface area (Å²) in [6.45, 7) is 16.3. The third kappa shape index (κ3) is 10.4. The number of carbonyl (C=O) groups is 2. The number of nitrogens with zero attached hydrogens (tertiary/aromatic N) is 3. The highest BCUT2D eigenvalue weighted by Gasteiger charge is 2.23. The van der Waals surface area contributed by atoms with Crippen molar-refractivity contribution in [3.05, 3.63) is 59.7 Å². The highest BCUT2D eigenvalue weighted by atomic mass is 32.1. The SMILES string of the molecule is CC(C)C[C@H](NC(=O)c1ccc(-c2csc(Nc3ccncc3)n2)cc1)C(=O)NCCN(CC(C)C)CC(C)C. The van der Waals surface area contributed by atoms with Gasteiger partial charge >= 0.3 is 0 Å². The lowest BCUT2D eigenvalue weighted by molar-refractivity contribution is -0.123. The number of aromatic nitrogens is 2. The van der Waals surface area contributed by atoms with Crippen LogP contribution in [0.15, 0.2) is 54.2 Å². The summed E-state index contributed by atoms with van der Waals surface area (Å²) < 4.78 is 0. The maximum Gasteiger partial charge on any atom is 0.251 e. The number of rotatable bonds is 15. The number of anilines is 2. The first-order chi connectivity index (χ1) is 19.1. The van der Waals surface area contributed by atoms with Crippen LogP contribution in [0.5, 0.6) is 0 Å². The smallest absolute Gasteiger partial charge is 0.251 e. The van der Waals surface area contributed by atoms with E-state index in [1.165, 1.54) is 11.3 Å². The summed E-state index contributed by atoms with van der Waals surface area (Å²) in [6.07, 6.45) is 4.03. The monoisotopic (exact) mass is 564 g/mol. The molecule has 9 heteroatoms. The van der Waals surface area contributed by atoms with Gasteiger partial charge in [-0.25, -0.2) is 4.98 Å². The average molecular weight is 565 g/mol. The van der Waals surface area contributed by atoms with E-state index in [2.05, 4.69) is 72.4 Å². The van der Waals surface area contributed by atoms with Crippen molar-refractivity contribution in [3.63, 3.8) is 0 Å². The highest BCUT2D eigenvalue weighted by Crippen LogP contribution is 2.27. The fourth-order valence-electron chi connectivity index (χ4n) is 4.51. The maximum absolute atomic E-state index is 13.1. The van der Waals surface area contributed by atoms with Crippen LogP contribution in [0.25, 0.3) is 11.3 Å². The summed E-state index contributed by atoms with van der Waals surface area (Å²) in [5.74, 6) is 0.998. The van der Waals surface area contributed by atoms with Crippen LogP contribution < -0.4 is 16.0 Å². The Bertz CT molecular complexity index is 1180. The molecule has 2 heterocycles.